The van der Waals surface area contributed by atoms with Crippen molar-refractivity contribution >= 4 is 11.8 Å². The molecule has 1 N–H and O–H groups in total. The van der Waals surface area contributed by atoms with Gasteiger partial charge in [-0.2, -0.15) is 4.98 Å². The molecule has 1 aromatic heterocycles. The van der Waals surface area contributed by atoms with E-state index in [1.165, 1.54) is 11.3 Å². The number of nitrogens with one attached hydrogen (secondary N) is 1. The van der Waals surface area contributed by atoms with E-state index in [4.69, 9.17) is 4.98 Å². The smallest absolute Gasteiger partial charge is 0.227 e. The molecular formula is C13H23N5. The molecule has 0 bridgehead atoms. The van der Waals surface area contributed by atoms with Gasteiger partial charge in [0.1, 0.15) is 5.82 Å². The van der Waals surface area contributed by atoms with Gasteiger partial charge in [0.05, 0.1) is 5.69 Å². The molecule has 0 radical (unpaired) electrons. The molecule has 0 saturated carbocycles. The Morgan fingerprint density at radius 1 is 1.17 bits per heavy atom. The van der Waals surface area contributed by atoms with Gasteiger partial charge in [-0.1, -0.05) is 0 Å². The van der Waals surface area contributed by atoms with E-state index < -0.39 is 0 Å². The molecule has 5 heteroatoms. The summed E-state index contributed by atoms with van der Waals surface area (Å²) in [5.74, 6) is 1.86. The molecule has 0 amide bonds. The van der Waals surface area contributed by atoms with Gasteiger partial charge in [0, 0.05) is 52.3 Å². The van der Waals surface area contributed by atoms with Crippen molar-refractivity contribution in [1.29, 1.82) is 0 Å². The van der Waals surface area contributed by atoms with Crippen molar-refractivity contribution in [3.63, 3.8) is 0 Å². The van der Waals surface area contributed by atoms with Crippen molar-refractivity contribution in [2.24, 2.45) is 0 Å². The van der Waals surface area contributed by atoms with Gasteiger partial charge >= 0.3 is 0 Å². The summed E-state index contributed by atoms with van der Waals surface area (Å²) in [5.41, 5.74) is 2.44. The lowest BCUT2D eigenvalue weighted by atomic mass is 10.1. The molecule has 5 nitrogen and oxygen atoms in total. The van der Waals surface area contributed by atoms with E-state index in [9.17, 15) is 0 Å². The number of hydrogen-bond donors (Lipinski definition) is 1. The van der Waals surface area contributed by atoms with E-state index in [1.54, 1.807) is 0 Å². The minimum absolute atomic E-state index is 0.431. The Labute approximate surface area is 109 Å². The summed E-state index contributed by atoms with van der Waals surface area (Å²) in [4.78, 5) is 13.6. The summed E-state index contributed by atoms with van der Waals surface area (Å²) < 4.78 is 0. The van der Waals surface area contributed by atoms with E-state index >= 15 is 0 Å². The number of aromatic nitrogens is 2. The Kier molecular flexibility index (Phi) is 3.71. The summed E-state index contributed by atoms with van der Waals surface area (Å²) in [7, 11) is 6.07. The molecule has 1 aromatic rings. The van der Waals surface area contributed by atoms with Crippen LogP contribution in [0.25, 0.3) is 0 Å². The maximum absolute atomic E-state index is 4.71. The molecule has 0 saturated heterocycles. The quantitative estimate of drug-likeness (QED) is 0.867. The highest BCUT2D eigenvalue weighted by Gasteiger charge is 2.21. The van der Waals surface area contributed by atoms with Gasteiger partial charge in [-0.25, -0.2) is 4.98 Å². The Morgan fingerprint density at radius 2 is 1.89 bits per heavy atom. The number of hydrogen-bond acceptors (Lipinski definition) is 5. The Bertz CT molecular complexity index is 428. The molecule has 0 spiro atoms. The first-order valence-electron chi connectivity index (χ1n) is 6.51. The van der Waals surface area contributed by atoms with Crippen molar-refractivity contribution in [2.45, 2.75) is 32.9 Å². The molecule has 1 aliphatic heterocycles. The van der Waals surface area contributed by atoms with Crippen molar-refractivity contribution in [2.75, 3.05) is 37.5 Å². The van der Waals surface area contributed by atoms with E-state index in [-0.39, 0.29) is 0 Å². The Morgan fingerprint density at radius 3 is 2.50 bits per heavy atom. The average Bonchev–Trinajstić information content (AvgIpc) is 2.36. The fourth-order valence-corrected chi connectivity index (χ4v) is 2.05. The number of anilines is 2. The molecule has 0 aromatic carbocycles. The van der Waals surface area contributed by atoms with Crippen molar-refractivity contribution < 1.29 is 0 Å². The number of fused-ring (bicyclic) bond motifs is 1. The normalized spacial score (nSPS) is 14.6. The maximum atomic E-state index is 4.71. The van der Waals surface area contributed by atoms with Crippen LogP contribution in [0.1, 0.15) is 25.1 Å². The molecule has 18 heavy (non-hydrogen) atoms. The maximum Gasteiger partial charge on any atom is 0.227 e. The van der Waals surface area contributed by atoms with Crippen LogP contribution >= 0.6 is 0 Å². The van der Waals surface area contributed by atoms with Gasteiger partial charge in [0.25, 0.3) is 0 Å². The first-order valence-corrected chi connectivity index (χ1v) is 6.51. The van der Waals surface area contributed by atoms with E-state index in [2.05, 4.69) is 36.1 Å². The van der Waals surface area contributed by atoms with Gasteiger partial charge in [-0.05, 0) is 13.8 Å². The SMILES string of the molecule is CC(C)N(C)c1nc(N(C)C)nc2c1CNCC2. The zero-order valence-corrected chi connectivity index (χ0v) is 12.0. The van der Waals surface area contributed by atoms with Gasteiger partial charge in [-0.15, -0.1) is 0 Å². The standard InChI is InChI=1S/C13H23N5/c1-9(2)18(5)12-10-8-14-7-6-11(10)15-13(16-12)17(3)4/h9,14H,6-8H2,1-5H3. The van der Waals surface area contributed by atoms with Crippen LogP contribution in [-0.4, -0.2) is 43.7 Å². The molecular weight excluding hydrogens is 226 g/mol. The lowest BCUT2D eigenvalue weighted by Crippen LogP contribution is -2.33. The van der Waals surface area contributed by atoms with Crippen LogP contribution in [0.3, 0.4) is 0 Å². The first kappa shape index (κ1) is 13.1. The summed E-state index contributed by atoms with van der Waals surface area (Å²) >= 11 is 0. The molecule has 0 fully saturated rings. The van der Waals surface area contributed by atoms with Gasteiger partial charge < -0.3 is 15.1 Å². The minimum atomic E-state index is 0.431. The first-order chi connectivity index (χ1) is 8.50. The average molecular weight is 249 g/mol. The Balaban J connectivity index is 2.51. The summed E-state index contributed by atoms with van der Waals surface area (Å²) in [6.45, 7) is 6.23. The van der Waals surface area contributed by atoms with Crippen molar-refractivity contribution in [1.82, 2.24) is 15.3 Å². The second kappa shape index (κ2) is 5.10. The largest absolute Gasteiger partial charge is 0.357 e. The fourth-order valence-electron chi connectivity index (χ4n) is 2.05. The van der Waals surface area contributed by atoms with E-state index in [0.717, 1.165) is 31.3 Å². The second-order valence-electron chi connectivity index (χ2n) is 5.30. The van der Waals surface area contributed by atoms with Crippen LogP contribution in [0.5, 0.6) is 0 Å². The Hall–Kier alpha value is -1.36. The summed E-state index contributed by atoms with van der Waals surface area (Å²) in [6, 6.07) is 0.431. The second-order valence-corrected chi connectivity index (χ2v) is 5.30. The van der Waals surface area contributed by atoms with Crippen molar-refractivity contribution in [3.8, 4) is 0 Å². The lowest BCUT2D eigenvalue weighted by molar-refractivity contribution is 0.617. The third-order valence-corrected chi connectivity index (χ3v) is 3.41. The topological polar surface area (TPSA) is 44.3 Å². The van der Waals surface area contributed by atoms with Gasteiger partial charge in [-0.3, -0.25) is 0 Å². The van der Waals surface area contributed by atoms with E-state index in [1.807, 2.05) is 19.0 Å². The monoisotopic (exact) mass is 249 g/mol. The molecule has 0 unspecified atom stereocenters. The molecule has 0 aliphatic carbocycles. The van der Waals surface area contributed by atoms with Gasteiger partial charge in [0.15, 0.2) is 0 Å². The molecule has 0 atom stereocenters. The number of nitrogens with zero attached hydrogens (tertiary/aromatic N) is 4. The van der Waals surface area contributed by atoms with Crippen LogP contribution in [-0.2, 0) is 13.0 Å². The predicted octanol–water partition coefficient (Wildman–Crippen LogP) is 1.03. The number of rotatable bonds is 3. The zero-order chi connectivity index (χ0) is 13.3. The molecule has 1 aliphatic rings. The predicted molar refractivity (Wildman–Crippen MR) is 75.3 cm³/mol. The third kappa shape index (κ3) is 2.41. The highest BCUT2D eigenvalue weighted by Crippen LogP contribution is 2.26. The van der Waals surface area contributed by atoms with Crippen molar-refractivity contribution in [3.05, 3.63) is 11.3 Å². The summed E-state index contributed by atoms with van der Waals surface area (Å²) in [5, 5.41) is 3.40. The molecule has 100 valence electrons. The summed E-state index contributed by atoms with van der Waals surface area (Å²) in [6.07, 6.45) is 0.984. The van der Waals surface area contributed by atoms with Gasteiger partial charge in [0.2, 0.25) is 5.95 Å². The minimum Gasteiger partial charge on any atom is -0.357 e. The van der Waals surface area contributed by atoms with E-state index in [0.29, 0.717) is 6.04 Å². The van der Waals surface area contributed by atoms with Crippen LogP contribution in [0.2, 0.25) is 0 Å². The van der Waals surface area contributed by atoms with Crippen LogP contribution in [0, 0.1) is 0 Å². The fraction of sp³-hybridized carbons (Fsp3) is 0.692. The highest BCUT2D eigenvalue weighted by molar-refractivity contribution is 5.53. The zero-order valence-electron chi connectivity index (χ0n) is 12.0. The molecule has 2 rings (SSSR count). The van der Waals surface area contributed by atoms with Crippen LogP contribution in [0.15, 0.2) is 0 Å². The molecule has 2 heterocycles. The lowest BCUT2D eigenvalue weighted by Gasteiger charge is -2.29. The van der Waals surface area contributed by atoms with Crippen LogP contribution < -0.4 is 15.1 Å². The third-order valence-electron chi connectivity index (χ3n) is 3.41. The van der Waals surface area contributed by atoms with Crippen LogP contribution in [0.4, 0.5) is 11.8 Å². The highest BCUT2D eigenvalue weighted by atomic mass is 15.3.